The number of hydrogen-bond acceptors (Lipinski definition) is 12. The molecule has 0 saturated heterocycles. The number of carboxylic acid groups (broad SMARTS) is 6. The van der Waals surface area contributed by atoms with Crippen LogP contribution in [-0.4, -0.2) is 90.6 Å². The molecule has 0 aromatic carbocycles. The SMILES string of the molecule is O.O.O.O.O.O.O.O.O.O.O=C([O-])C(=O)[O-].O=C([O-])C(=O)[O-].O=C([O-])C(=O)[O-].[Ce+3].[Ce+3]. The van der Waals surface area contributed by atoms with E-state index in [0.717, 1.165) is 0 Å². The number of aliphatic carboxylic acids is 6. The minimum Gasteiger partial charge on any atom is -0.543 e. The summed E-state index contributed by atoms with van der Waals surface area (Å²) in [6.45, 7) is 0. The molecular weight excluding hydrogens is 704 g/mol. The van der Waals surface area contributed by atoms with Crippen molar-refractivity contribution in [2.75, 3.05) is 0 Å². The van der Waals surface area contributed by atoms with Gasteiger partial charge in [-0.2, -0.15) is 0 Å². The molecule has 0 rings (SSSR count). The molecule has 2 radical (unpaired) electrons. The van der Waals surface area contributed by atoms with Crippen molar-refractivity contribution in [1.82, 2.24) is 0 Å². The van der Waals surface area contributed by atoms with Crippen molar-refractivity contribution >= 4 is 35.8 Å². The van der Waals surface area contributed by atoms with Gasteiger partial charge in [-0.25, -0.2) is 0 Å². The fourth-order valence-corrected chi connectivity index (χ4v) is 0. The third-order valence-corrected chi connectivity index (χ3v) is 0.500. The fraction of sp³-hybridized carbons (Fsp3) is 0. The largest absolute Gasteiger partial charge is 3.00 e. The molecule has 20 N–H and O–H groups in total. The van der Waals surface area contributed by atoms with Gasteiger partial charge in [0.25, 0.3) is 0 Å². The van der Waals surface area contributed by atoms with Crippen molar-refractivity contribution in [3.8, 4) is 0 Å². The molecule has 0 aromatic rings. The maximum Gasteiger partial charge on any atom is 3.00 e. The fourth-order valence-electron chi connectivity index (χ4n) is 0. The van der Waals surface area contributed by atoms with Gasteiger partial charge < -0.3 is 114 Å². The Morgan fingerprint density at radius 2 is 0.300 bits per heavy atom. The molecule has 22 nitrogen and oxygen atoms in total. The second-order valence-corrected chi connectivity index (χ2v) is 1.72. The van der Waals surface area contributed by atoms with Crippen LogP contribution in [0.3, 0.4) is 0 Å². The summed E-state index contributed by atoms with van der Waals surface area (Å²) in [5.74, 6) is -13.1. The van der Waals surface area contributed by atoms with E-state index >= 15 is 0 Å². The summed E-state index contributed by atoms with van der Waals surface area (Å²) in [5, 5.41) is 53.6. The van der Waals surface area contributed by atoms with E-state index in [-0.39, 0.29) is 138 Å². The van der Waals surface area contributed by atoms with Crippen molar-refractivity contribution in [3.05, 3.63) is 0 Å². The summed E-state index contributed by atoms with van der Waals surface area (Å²) in [7, 11) is 0. The van der Waals surface area contributed by atoms with Crippen LogP contribution < -0.4 is 30.6 Å². The molecule has 0 aliphatic carbocycles. The van der Waals surface area contributed by atoms with Gasteiger partial charge in [-0.05, 0) is 0 Å². The third-order valence-electron chi connectivity index (χ3n) is 0.500. The smallest absolute Gasteiger partial charge is 0.543 e. The predicted molar refractivity (Wildman–Crippen MR) is 66.2 cm³/mol. The van der Waals surface area contributed by atoms with Gasteiger partial charge in [-0.15, -0.1) is 0 Å². The number of carbonyl (C=O) groups excluding carboxylic acids is 6. The molecule has 0 bridgehead atoms. The summed E-state index contributed by atoms with van der Waals surface area (Å²) < 4.78 is 0. The van der Waals surface area contributed by atoms with Gasteiger partial charge in [0.2, 0.25) is 0 Å². The molecule has 0 fully saturated rings. The zero-order valence-corrected chi connectivity index (χ0v) is 20.2. The van der Waals surface area contributed by atoms with Crippen LogP contribution in [0.5, 0.6) is 0 Å². The zero-order valence-electron chi connectivity index (χ0n) is 13.9. The zero-order chi connectivity index (χ0) is 15.5. The second kappa shape index (κ2) is 70.5. The van der Waals surface area contributed by atoms with Crippen LogP contribution >= 0.6 is 0 Å². The van der Waals surface area contributed by atoms with Crippen LogP contribution in [0, 0.1) is 83.5 Å². The molecule has 0 heterocycles. The predicted octanol–water partition coefficient (Wildman–Crippen LogP) is -18.8. The van der Waals surface area contributed by atoms with Gasteiger partial charge in [0.15, 0.2) is 0 Å². The van der Waals surface area contributed by atoms with Crippen molar-refractivity contribution in [2.24, 2.45) is 0 Å². The van der Waals surface area contributed by atoms with Gasteiger partial charge >= 0.3 is 83.5 Å². The van der Waals surface area contributed by atoms with Gasteiger partial charge in [-0.3, -0.25) is 0 Å². The second-order valence-electron chi connectivity index (χ2n) is 1.72. The molecule has 0 saturated carbocycles. The van der Waals surface area contributed by atoms with Gasteiger partial charge in [0.05, 0.1) is 35.8 Å². The standard InChI is InChI=1S/3C2H2O4.2Ce.10H2O/c3*3-1(4)2(5)6;;;;;;;;;;;;/h3*(H,3,4)(H,5,6);;;10*1H2/q;;;2*+3;;;;;;;;;;/p-6. The Balaban J connectivity index is -0.00000000721. The number of carbonyl (C=O) groups is 6. The molecule has 0 amide bonds. The first-order chi connectivity index (χ1) is 7.93. The average Bonchev–Trinajstić information content (AvgIpc) is 2.18. The average molecular weight is 724 g/mol. The van der Waals surface area contributed by atoms with Crippen LogP contribution in [-0.2, 0) is 28.8 Å². The monoisotopic (exact) mass is 724 g/mol. The first kappa shape index (κ1) is 115. The Hall–Kier alpha value is -0.827. The van der Waals surface area contributed by atoms with E-state index in [9.17, 15) is 0 Å². The molecule has 0 spiro atoms. The summed E-state index contributed by atoms with van der Waals surface area (Å²) >= 11 is 0. The third kappa shape index (κ3) is 149. The minimum atomic E-state index is -2.19. The first-order valence-corrected chi connectivity index (χ1v) is 3.20. The molecule has 0 aliphatic heterocycles. The van der Waals surface area contributed by atoms with Gasteiger partial charge in [0.1, 0.15) is 0 Å². The van der Waals surface area contributed by atoms with Gasteiger partial charge in [-0.1, -0.05) is 0 Å². The molecule has 0 aromatic heterocycles. The van der Waals surface area contributed by atoms with Crippen LogP contribution in [0.15, 0.2) is 0 Å². The van der Waals surface area contributed by atoms with E-state index in [1.165, 1.54) is 0 Å². The minimum absolute atomic E-state index is 0. The van der Waals surface area contributed by atoms with Crippen LogP contribution in [0.25, 0.3) is 0 Å². The van der Waals surface area contributed by atoms with E-state index in [1.807, 2.05) is 0 Å². The van der Waals surface area contributed by atoms with E-state index < -0.39 is 35.8 Å². The Labute approximate surface area is 231 Å². The van der Waals surface area contributed by atoms with Crippen LogP contribution in [0.4, 0.5) is 0 Å². The van der Waals surface area contributed by atoms with Gasteiger partial charge in [0, 0.05) is 0 Å². The van der Waals surface area contributed by atoms with Crippen LogP contribution in [0.1, 0.15) is 0 Å². The summed E-state index contributed by atoms with van der Waals surface area (Å²) in [5.41, 5.74) is 0. The molecule has 0 unspecified atom stereocenters. The van der Waals surface area contributed by atoms with E-state index in [2.05, 4.69) is 0 Å². The van der Waals surface area contributed by atoms with Crippen LogP contribution in [0.2, 0.25) is 0 Å². The Morgan fingerprint density at radius 3 is 0.300 bits per heavy atom. The van der Waals surface area contributed by atoms with Crippen molar-refractivity contribution < 1.29 is 198 Å². The number of hydrogen-bond donors (Lipinski definition) is 0. The molecule has 0 aliphatic rings. The first-order valence-electron chi connectivity index (χ1n) is 3.20. The van der Waals surface area contributed by atoms with E-state index in [0.29, 0.717) is 0 Å². The van der Waals surface area contributed by atoms with E-state index in [1.54, 1.807) is 0 Å². The van der Waals surface area contributed by atoms with E-state index in [4.69, 9.17) is 59.4 Å². The maximum atomic E-state index is 8.93. The quantitative estimate of drug-likeness (QED) is 0.210. The summed E-state index contributed by atoms with van der Waals surface area (Å²) in [6, 6.07) is 0. The van der Waals surface area contributed by atoms with Crippen molar-refractivity contribution in [3.63, 3.8) is 0 Å². The van der Waals surface area contributed by atoms with Crippen molar-refractivity contribution in [2.45, 2.75) is 0 Å². The summed E-state index contributed by atoms with van der Waals surface area (Å²) in [6.07, 6.45) is 0. The Bertz CT molecular complexity index is 287. The molecule has 30 heavy (non-hydrogen) atoms. The molecule has 0 atom stereocenters. The van der Waals surface area contributed by atoms with Crippen molar-refractivity contribution in [1.29, 1.82) is 0 Å². The number of rotatable bonds is 0. The Kier molecular flexibility index (Phi) is 271. The molecule has 24 heteroatoms. The molecular formula is C6H20Ce2O22. The topological polar surface area (TPSA) is 556 Å². The molecule has 184 valence electrons. The Morgan fingerprint density at radius 1 is 0.267 bits per heavy atom. The summed E-state index contributed by atoms with van der Waals surface area (Å²) in [4.78, 5) is 53.6. The normalized spacial score (nSPS) is 4.40. The maximum absolute atomic E-state index is 8.93. The number of carboxylic acids is 6.